The van der Waals surface area contributed by atoms with Gasteiger partial charge < -0.3 is 0 Å². The zero-order valence-corrected chi connectivity index (χ0v) is 15.3. The van der Waals surface area contributed by atoms with Crippen molar-refractivity contribution in [2.45, 2.75) is 53.4 Å². The highest BCUT2D eigenvalue weighted by Crippen LogP contribution is 2.26. The summed E-state index contributed by atoms with van der Waals surface area (Å²) in [5, 5.41) is 0. The average Bonchev–Trinajstić information content (AvgIpc) is 3.17. The van der Waals surface area contributed by atoms with Gasteiger partial charge in [0.25, 0.3) is 0 Å². The first-order valence-electron chi connectivity index (χ1n) is 8.94. The zero-order chi connectivity index (χ0) is 17.4. The van der Waals surface area contributed by atoms with Crippen LogP contribution in [0.5, 0.6) is 0 Å². The highest BCUT2D eigenvalue weighted by atomic mass is 14.8. The van der Waals surface area contributed by atoms with Gasteiger partial charge in [-0.2, -0.15) is 0 Å². The molecule has 24 heavy (non-hydrogen) atoms. The van der Waals surface area contributed by atoms with Crippen LogP contribution in [0.25, 0.3) is 0 Å². The van der Waals surface area contributed by atoms with Crippen molar-refractivity contribution in [3.63, 3.8) is 0 Å². The molecule has 0 fully saturated rings. The zero-order valence-electron chi connectivity index (χ0n) is 15.3. The minimum Gasteiger partial charge on any atom is -0.257 e. The van der Waals surface area contributed by atoms with E-state index in [9.17, 15) is 0 Å². The molecule has 2 nitrogen and oxygen atoms in total. The highest BCUT2D eigenvalue weighted by Gasteiger charge is 2.10. The van der Waals surface area contributed by atoms with Crippen LogP contribution in [0.2, 0.25) is 0 Å². The Bertz CT molecular complexity index is 726. The summed E-state index contributed by atoms with van der Waals surface area (Å²) >= 11 is 0. The van der Waals surface area contributed by atoms with Crippen molar-refractivity contribution >= 4 is 22.8 Å². The van der Waals surface area contributed by atoms with Gasteiger partial charge in [-0.3, -0.25) is 9.98 Å². The molecule has 0 aliphatic carbocycles. The molecule has 0 bridgehead atoms. The SMILES string of the molecule is CC1=Nc2ccccc2C1.CCC.CCC1=Nc2ccccc2C1. The maximum atomic E-state index is 4.49. The first-order valence-corrected chi connectivity index (χ1v) is 8.94. The van der Waals surface area contributed by atoms with E-state index in [4.69, 9.17) is 0 Å². The minimum absolute atomic E-state index is 1.04. The average molecular weight is 320 g/mol. The van der Waals surface area contributed by atoms with Gasteiger partial charge >= 0.3 is 0 Å². The third-order valence-electron chi connectivity index (χ3n) is 3.82. The Hall–Kier alpha value is -2.22. The van der Waals surface area contributed by atoms with Gasteiger partial charge in [-0.25, -0.2) is 0 Å². The molecule has 0 spiro atoms. The van der Waals surface area contributed by atoms with Crippen LogP contribution in [-0.4, -0.2) is 11.4 Å². The molecule has 0 aromatic heterocycles. The molecule has 0 unspecified atom stereocenters. The molecule has 2 aliphatic heterocycles. The Balaban J connectivity index is 0.000000150. The van der Waals surface area contributed by atoms with Crippen molar-refractivity contribution in [1.82, 2.24) is 0 Å². The van der Waals surface area contributed by atoms with E-state index >= 15 is 0 Å². The van der Waals surface area contributed by atoms with Crippen LogP contribution in [0.15, 0.2) is 58.5 Å². The van der Waals surface area contributed by atoms with Gasteiger partial charge in [0.1, 0.15) is 0 Å². The molecule has 126 valence electrons. The Morgan fingerprint density at radius 3 is 1.75 bits per heavy atom. The largest absolute Gasteiger partial charge is 0.257 e. The minimum atomic E-state index is 1.04. The lowest BCUT2D eigenvalue weighted by molar-refractivity contribution is 1.09. The molecule has 2 aromatic rings. The molecule has 0 saturated carbocycles. The van der Waals surface area contributed by atoms with Crippen LogP contribution in [0, 0.1) is 0 Å². The van der Waals surface area contributed by atoms with Gasteiger partial charge in [-0.05, 0) is 36.6 Å². The van der Waals surface area contributed by atoms with Gasteiger partial charge in [-0.15, -0.1) is 0 Å². The van der Waals surface area contributed by atoms with Crippen molar-refractivity contribution in [3.05, 3.63) is 59.7 Å². The predicted octanol–water partition coefficient (Wildman–Crippen LogP) is 6.48. The second-order valence-electron chi connectivity index (χ2n) is 6.20. The second-order valence-corrected chi connectivity index (χ2v) is 6.20. The molecule has 4 rings (SSSR count). The van der Waals surface area contributed by atoms with Gasteiger partial charge in [-0.1, -0.05) is 63.6 Å². The summed E-state index contributed by atoms with van der Waals surface area (Å²) in [5.74, 6) is 0. The van der Waals surface area contributed by atoms with Gasteiger partial charge in [0.15, 0.2) is 0 Å². The van der Waals surface area contributed by atoms with Gasteiger partial charge in [0, 0.05) is 24.3 Å². The van der Waals surface area contributed by atoms with Crippen LogP contribution >= 0.6 is 0 Å². The van der Waals surface area contributed by atoms with Crippen molar-refractivity contribution in [2.75, 3.05) is 0 Å². The highest BCUT2D eigenvalue weighted by molar-refractivity contribution is 5.93. The van der Waals surface area contributed by atoms with Gasteiger partial charge in [0.2, 0.25) is 0 Å². The van der Waals surface area contributed by atoms with E-state index in [0.29, 0.717) is 0 Å². The van der Waals surface area contributed by atoms with E-state index in [1.807, 2.05) is 12.1 Å². The summed E-state index contributed by atoms with van der Waals surface area (Å²) < 4.78 is 0. The van der Waals surface area contributed by atoms with Crippen molar-refractivity contribution in [3.8, 4) is 0 Å². The molecule has 0 radical (unpaired) electrons. The molecule has 2 aromatic carbocycles. The molecule has 2 heteroatoms. The molecule has 0 atom stereocenters. The van der Waals surface area contributed by atoms with Crippen LogP contribution in [0.3, 0.4) is 0 Å². The number of fused-ring (bicyclic) bond motifs is 2. The Labute approximate surface area is 146 Å². The van der Waals surface area contributed by atoms with Crippen molar-refractivity contribution in [1.29, 1.82) is 0 Å². The van der Waals surface area contributed by atoms with E-state index < -0.39 is 0 Å². The molecule has 2 heterocycles. The number of benzene rings is 2. The summed E-state index contributed by atoms with van der Waals surface area (Å²) in [6.45, 7) is 8.48. The Morgan fingerprint density at radius 2 is 1.25 bits per heavy atom. The monoisotopic (exact) mass is 320 g/mol. The van der Waals surface area contributed by atoms with E-state index in [-0.39, 0.29) is 0 Å². The number of nitrogens with zero attached hydrogens (tertiary/aromatic N) is 2. The number of hydrogen-bond acceptors (Lipinski definition) is 2. The smallest absolute Gasteiger partial charge is 0.0664 e. The van der Waals surface area contributed by atoms with E-state index in [1.54, 1.807) is 0 Å². The maximum Gasteiger partial charge on any atom is 0.0664 e. The molecule has 0 saturated heterocycles. The molecule has 0 amide bonds. The predicted molar refractivity (Wildman–Crippen MR) is 106 cm³/mol. The molecule has 2 aliphatic rings. The molecular weight excluding hydrogens is 292 g/mol. The lowest BCUT2D eigenvalue weighted by Gasteiger charge is -1.92. The maximum absolute atomic E-state index is 4.49. The normalized spacial score (nSPS) is 13.5. The Kier molecular flexibility index (Phi) is 6.92. The number of para-hydroxylation sites is 2. The van der Waals surface area contributed by atoms with Crippen LogP contribution in [0.4, 0.5) is 11.4 Å². The summed E-state index contributed by atoms with van der Waals surface area (Å²) in [5.41, 5.74) is 7.60. The first-order chi connectivity index (χ1) is 11.7. The number of aliphatic imine (C=N–C) groups is 2. The fourth-order valence-corrected chi connectivity index (χ4v) is 2.69. The van der Waals surface area contributed by atoms with Crippen molar-refractivity contribution in [2.24, 2.45) is 9.98 Å². The lowest BCUT2D eigenvalue weighted by Crippen LogP contribution is -1.93. The topological polar surface area (TPSA) is 24.7 Å². The third kappa shape index (κ3) is 4.89. The first kappa shape index (κ1) is 18.1. The summed E-state index contributed by atoms with van der Waals surface area (Å²) in [4.78, 5) is 8.86. The molecular formula is C22H28N2. The third-order valence-corrected chi connectivity index (χ3v) is 3.82. The summed E-state index contributed by atoms with van der Waals surface area (Å²) in [6.07, 6.45) is 4.43. The van der Waals surface area contributed by atoms with Crippen molar-refractivity contribution < 1.29 is 0 Å². The fraction of sp³-hybridized carbons (Fsp3) is 0.364. The van der Waals surface area contributed by atoms with Crippen LogP contribution < -0.4 is 0 Å². The number of hydrogen-bond donors (Lipinski definition) is 0. The second kappa shape index (κ2) is 9.17. The number of rotatable bonds is 1. The van der Waals surface area contributed by atoms with E-state index in [2.05, 4.69) is 74.1 Å². The van der Waals surface area contributed by atoms with Gasteiger partial charge in [0.05, 0.1) is 11.4 Å². The molecule has 0 N–H and O–H groups in total. The van der Waals surface area contributed by atoms with Crippen LogP contribution in [-0.2, 0) is 12.8 Å². The summed E-state index contributed by atoms with van der Waals surface area (Å²) in [7, 11) is 0. The standard InChI is InChI=1S/C10H11N.C9H9N.C3H8/c1-2-9-7-8-5-3-4-6-10(8)11-9;1-7-6-8-4-2-3-5-9(8)10-7;1-3-2/h3-6H,2,7H2,1H3;2-5H,6H2,1H3;3H2,1-2H3. The van der Waals surface area contributed by atoms with E-state index in [0.717, 1.165) is 24.9 Å². The Morgan fingerprint density at radius 1 is 0.750 bits per heavy atom. The fourth-order valence-electron chi connectivity index (χ4n) is 2.69. The summed E-state index contributed by atoms with van der Waals surface area (Å²) in [6, 6.07) is 16.6. The van der Waals surface area contributed by atoms with Crippen LogP contribution in [0.1, 0.15) is 51.7 Å². The lowest BCUT2D eigenvalue weighted by atomic mass is 10.1. The van der Waals surface area contributed by atoms with E-state index in [1.165, 1.54) is 34.7 Å². The quantitative estimate of drug-likeness (QED) is 0.574.